The summed E-state index contributed by atoms with van der Waals surface area (Å²) in [7, 11) is -2.32. The Bertz CT molecular complexity index is 343. The van der Waals surface area contributed by atoms with Gasteiger partial charge in [0, 0.05) is 6.08 Å². The Morgan fingerprint density at radius 3 is 2.24 bits per heavy atom. The van der Waals surface area contributed by atoms with Crippen molar-refractivity contribution in [3.8, 4) is 0 Å². The zero-order valence-corrected chi connectivity index (χ0v) is 11.3. The van der Waals surface area contributed by atoms with Gasteiger partial charge in [0.25, 0.3) is 0 Å². The average molecular weight is 264 g/mol. The molecule has 0 unspecified atom stereocenters. The summed E-state index contributed by atoms with van der Waals surface area (Å²) in [6, 6.07) is 0. The van der Waals surface area contributed by atoms with Gasteiger partial charge in [-0.2, -0.15) is 0 Å². The third kappa shape index (κ3) is 6.99. The van der Waals surface area contributed by atoms with Crippen LogP contribution in [-0.2, 0) is 23.1 Å². The van der Waals surface area contributed by atoms with Crippen LogP contribution in [0, 0.1) is 0 Å². The lowest BCUT2D eigenvalue weighted by molar-refractivity contribution is -0.134. The molecule has 0 bridgehead atoms. The number of carbonyl (C=O) groups excluding carboxylic acids is 1. The van der Waals surface area contributed by atoms with Crippen molar-refractivity contribution in [2.75, 3.05) is 20.3 Å². The van der Waals surface area contributed by atoms with Crippen LogP contribution in [0.5, 0.6) is 0 Å². The van der Waals surface area contributed by atoms with Gasteiger partial charge in [-0.1, -0.05) is 4.88 Å². The van der Waals surface area contributed by atoms with E-state index in [1.54, 1.807) is 13.8 Å². The molecule has 0 aliphatic rings. The normalized spacial score (nSPS) is 13.1. The Kier molecular flexibility index (Phi) is 7.61. The molecule has 0 rings (SSSR count). The minimum Gasteiger partial charge on any atom is -0.466 e. The van der Waals surface area contributed by atoms with Crippen LogP contribution in [0.2, 0.25) is 0 Å². The summed E-state index contributed by atoms with van der Waals surface area (Å²) in [6.45, 7) is 5.23. The SMILES string of the molecule is CCOP(=O)(N=NC(C)=CC(=O)OC)OCC. The lowest BCUT2D eigenvalue weighted by atomic mass is 10.4. The number of hydrogen-bond donors (Lipinski definition) is 0. The predicted octanol–water partition coefficient (Wildman–Crippen LogP) is 2.70. The molecule has 0 fully saturated rings. The molecule has 0 heterocycles. The molecule has 0 amide bonds. The van der Waals surface area contributed by atoms with Crippen LogP contribution >= 0.6 is 7.75 Å². The summed E-state index contributed by atoms with van der Waals surface area (Å²) in [4.78, 5) is 14.3. The van der Waals surface area contributed by atoms with E-state index >= 15 is 0 Å². The maximum atomic E-state index is 11.8. The highest BCUT2D eigenvalue weighted by Crippen LogP contribution is 2.50. The maximum Gasteiger partial charge on any atom is 0.472 e. The van der Waals surface area contributed by atoms with Crippen molar-refractivity contribution in [1.29, 1.82) is 0 Å². The zero-order chi connectivity index (χ0) is 13.3. The number of methoxy groups -OCH3 is 1. The molecule has 0 saturated heterocycles. The van der Waals surface area contributed by atoms with E-state index in [1.807, 2.05) is 0 Å². The van der Waals surface area contributed by atoms with E-state index in [4.69, 9.17) is 9.05 Å². The van der Waals surface area contributed by atoms with Gasteiger partial charge in [-0.25, -0.2) is 9.36 Å². The highest BCUT2D eigenvalue weighted by atomic mass is 31.2. The van der Waals surface area contributed by atoms with Crippen molar-refractivity contribution in [2.24, 2.45) is 10.00 Å². The number of hydrogen-bond acceptors (Lipinski definition) is 6. The number of allylic oxidation sites excluding steroid dienone is 1. The number of esters is 1. The molecule has 0 aromatic carbocycles. The number of ether oxygens (including phenoxy) is 1. The fraction of sp³-hybridized carbons (Fsp3) is 0.667. The highest BCUT2D eigenvalue weighted by molar-refractivity contribution is 7.52. The molecule has 0 aliphatic carbocycles. The molecular formula is C9H17N2O5P. The molecule has 0 radical (unpaired) electrons. The summed E-state index contributed by atoms with van der Waals surface area (Å²) < 4.78 is 26.0. The minimum absolute atomic E-state index is 0.191. The lowest BCUT2D eigenvalue weighted by Crippen LogP contribution is -1.95. The van der Waals surface area contributed by atoms with Gasteiger partial charge < -0.3 is 4.74 Å². The smallest absolute Gasteiger partial charge is 0.466 e. The first kappa shape index (κ1) is 16.0. The van der Waals surface area contributed by atoms with Crippen molar-refractivity contribution in [3.63, 3.8) is 0 Å². The summed E-state index contributed by atoms with van der Waals surface area (Å²) in [6.07, 6.45) is 1.12. The van der Waals surface area contributed by atoms with E-state index in [9.17, 15) is 9.36 Å². The van der Waals surface area contributed by atoms with Crippen LogP contribution in [0.15, 0.2) is 21.8 Å². The Morgan fingerprint density at radius 1 is 1.29 bits per heavy atom. The fourth-order valence-electron chi connectivity index (χ4n) is 0.799. The van der Waals surface area contributed by atoms with E-state index < -0.39 is 13.7 Å². The Hall–Kier alpha value is -1.04. The van der Waals surface area contributed by atoms with Gasteiger partial charge in [-0.05, 0) is 20.8 Å². The van der Waals surface area contributed by atoms with Gasteiger partial charge >= 0.3 is 13.7 Å². The molecule has 0 aromatic heterocycles. The first-order valence-corrected chi connectivity index (χ1v) is 6.55. The van der Waals surface area contributed by atoms with E-state index in [2.05, 4.69) is 14.7 Å². The lowest BCUT2D eigenvalue weighted by Gasteiger charge is -2.09. The minimum atomic E-state index is -3.56. The second kappa shape index (κ2) is 8.11. The molecule has 7 nitrogen and oxygen atoms in total. The highest BCUT2D eigenvalue weighted by Gasteiger charge is 2.22. The average Bonchev–Trinajstić information content (AvgIpc) is 2.27. The van der Waals surface area contributed by atoms with Crippen LogP contribution in [0.1, 0.15) is 20.8 Å². The van der Waals surface area contributed by atoms with Crippen molar-refractivity contribution in [1.82, 2.24) is 0 Å². The molecule has 0 atom stereocenters. The van der Waals surface area contributed by atoms with E-state index in [1.165, 1.54) is 14.0 Å². The Morgan fingerprint density at radius 2 is 1.82 bits per heavy atom. The first-order chi connectivity index (χ1) is 7.97. The van der Waals surface area contributed by atoms with Crippen molar-refractivity contribution in [3.05, 3.63) is 11.8 Å². The zero-order valence-electron chi connectivity index (χ0n) is 10.4. The molecule has 0 aliphatic heterocycles. The van der Waals surface area contributed by atoms with Crippen LogP contribution in [0.3, 0.4) is 0 Å². The third-order valence-corrected chi connectivity index (χ3v) is 2.90. The van der Waals surface area contributed by atoms with Crippen molar-refractivity contribution < 1.29 is 23.1 Å². The molecule has 0 saturated carbocycles. The molecule has 17 heavy (non-hydrogen) atoms. The van der Waals surface area contributed by atoms with Crippen LogP contribution in [0.4, 0.5) is 0 Å². The van der Waals surface area contributed by atoms with E-state index in [0.717, 1.165) is 6.08 Å². The van der Waals surface area contributed by atoms with Crippen molar-refractivity contribution in [2.45, 2.75) is 20.8 Å². The monoisotopic (exact) mass is 264 g/mol. The van der Waals surface area contributed by atoms with E-state index in [0.29, 0.717) is 0 Å². The maximum absolute atomic E-state index is 11.8. The largest absolute Gasteiger partial charge is 0.472 e. The summed E-state index contributed by atoms with van der Waals surface area (Å²) in [5.41, 5.74) is 0.247. The second-order valence-corrected chi connectivity index (χ2v) is 4.43. The second-order valence-electron chi connectivity index (χ2n) is 2.80. The summed E-state index contributed by atoms with van der Waals surface area (Å²) in [5.74, 6) is -0.566. The number of rotatable bonds is 7. The quantitative estimate of drug-likeness (QED) is 0.305. The van der Waals surface area contributed by atoms with Gasteiger partial charge in [-0.3, -0.25) is 9.05 Å². The van der Waals surface area contributed by atoms with Gasteiger partial charge in [0.2, 0.25) is 0 Å². The molecular weight excluding hydrogens is 247 g/mol. The topological polar surface area (TPSA) is 86.6 Å². The van der Waals surface area contributed by atoms with Crippen LogP contribution < -0.4 is 0 Å². The number of nitrogens with zero attached hydrogens (tertiary/aromatic N) is 2. The third-order valence-electron chi connectivity index (χ3n) is 1.42. The van der Waals surface area contributed by atoms with Crippen LogP contribution in [0.25, 0.3) is 0 Å². The molecule has 98 valence electrons. The van der Waals surface area contributed by atoms with Crippen LogP contribution in [-0.4, -0.2) is 26.3 Å². The van der Waals surface area contributed by atoms with Gasteiger partial charge in [-0.15, -0.1) is 5.11 Å². The molecule has 0 aromatic rings. The van der Waals surface area contributed by atoms with Gasteiger partial charge in [0.15, 0.2) is 0 Å². The van der Waals surface area contributed by atoms with Gasteiger partial charge in [0.1, 0.15) is 0 Å². The summed E-state index contributed by atoms with van der Waals surface area (Å²) >= 11 is 0. The Labute approximate surface area is 100 Å². The molecule has 0 spiro atoms. The fourth-order valence-corrected chi connectivity index (χ4v) is 1.88. The summed E-state index contributed by atoms with van der Waals surface area (Å²) in [5, 5.41) is 3.59. The Balaban J connectivity index is 4.70. The molecule has 8 heteroatoms. The number of carbonyl (C=O) groups is 1. The molecule has 0 N–H and O–H groups in total. The van der Waals surface area contributed by atoms with E-state index in [-0.39, 0.29) is 18.9 Å². The van der Waals surface area contributed by atoms with Crippen molar-refractivity contribution >= 4 is 13.7 Å². The standard InChI is InChI=1S/C9H17N2O5P/c1-5-15-17(13,16-6-2)11-10-8(3)7-9(12)14-4/h7H,5-6H2,1-4H3. The predicted molar refractivity (Wildman–Crippen MR) is 61.5 cm³/mol. The first-order valence-electron chi connectivity index (χ1n) is 5.06. The van der Waals surface area contributed by atoms with Gasteiger partial charge in [0.05, 0.1) is 26.0 Å².